The van der Waals surface area contributed by atoms with Crippen molar-refractivity contribution in [3.05, 3.63) is 59.7 Å². The van der Waals surface area contributed by atoms with Gasteiger partial charge in [0.05, 0.1) is 5.69 Å². The van der Waals surface area contributed by atoms with Crippen molar-refractivity contribution >= 4 is 29.8 Å². The Morgan fingerprint density at radius 3 is 2.83 bits per heavy atom. The van der Waals surface area contributed by atoms with Gasteiger partial charge in [0.1, 0.15) is 18.5 Å². The van der Waals surface area contributed by atoms with Crippen LogP contribution in [0.1, 0.15) is 22.8 Å². The van der Waals surface area contributed by atoms with Crippen molar-refractivity contribution in [2.45, 2.75) is 13.2 Å². The molecule has 0 saturated carbocycles. The summed E-state index contributed by atoms with van der Waals surface area (Å²) in [6, 6.07) is 15.8. The predicted molar refractivity (Wildman–Crippen MR) is 95.7 cm³/mol. The Labute approximate surface area is 140 Å². The van der Waals surface area contributed by atoms with Crippen LogP contribution >= 0.6 is 0 Å². The van der Waals surface area contributed by atoms with Crippen molar-refractivity contribution in [2.24, 2.45) is 10.1 Å². The zero-order valence-electron chi connectivity index (χ0n) is 13.3. The number of nitrogens with zero attached hydrogens (tertiary/aromatic N) is 4. The molecule has 2 heterocycles. The Morgan fingerprint density at radius 1 is 1.25 bits per heavy atom. The number of para-hydroxylation sites is 1. The van der Waals surface area contributed by atoms with Gasteiger partial charge in [-0.05, 0) is 31.2 Å². The zero-order chi connectivity index (χ0) is 16.5. The van der Waals surface area contributed by atoms with Crippen molar-refractivity contribution in [3.8, 4) is 0 Å². The average molecular weight is 319 g/mol. The van der Waals surface area contributed by atoms with Crippen LogP contribution in [0.15, 0.2) is 58.6 Å². The number of carbonyl (C=O) groups is 1. The number of benzene rings is 2. The van der Waals surface area contributed by atoms with Gasteiger partial charge in [-0.2, -0.15) is 5.10 Å². The molecule has 24 heavy (non-hydrogen) atoms. The molecular weight excluding hydrogens is 302 g/mol. The van der Waals surface area contributed by atoms with Crippen LogP contribution in [0, 0.1) is 0 Å². The van der Waals surface area contributed by atoms with Gasteiger partial charge in [0.2, 0.25) is 6.29 Å². The first-order valence-electron chi connectivity index (χ1n) is 7.89. The molecule has 0 fully saturated rings. The maximum absolute atomic E-state index is 11.2. The van der Waals surface area contributed by atoms with Gasteiger partial charge in [-0.3, -0.25) is 15.1 Å². The minimum atomic E-state index is -0.285. The van der Waals surface area contributed by atoms with Crippen LogP contribution in [-0.2, 0) is 0 Å². The van der Waals surface area contributed by atoms with E-state index in [0.29, 0.717) is 5.56 Å². The molecule has 1 atom stereocenters. The normalized spacial score (nSPS) is 17.6. The first kappa shape index (κ1) is 14.4. The number of hydrogen-bond donors (Lipinski definition) is 1. The minimum absolute atomic E-state index is 0.285. The van der Waals surface area contributed by atoms with Crippen LogP contribution < -0.4 is 15.2 Å². The number of amidine groups is 1. The first-order chi connectivity index (χ1) is 11.8. The van der Waals surface area contributed by atoms with Gasteiger partial charge in [0, 0.05) is 23.4 Å². The summed E-state index contributed by atoms with van der Waals surface area (Å²) in [6.07, 6.45) is 2.28. The lowest BCUT2D eigenvalue weighted by atomic mass is 10.0. The third kappa shape index (κ3) is 2.23. The number of carbonyl (C=O) groups excluding carboxylic acids is 1. The fourth-order valence-corrected chi connectivity index (χ4v) is 3.06. The molecule has 6 nitrogen and oxygen atoms in total. The summed E-state index contributed by atoms with van der Waals surface area (Å²) in [7, 11) is 0. The van der Waals surface area contributed by atoms with E-state index < -0.39 is 0 Å². The predicted octanol–water partition coefficient (Wildman–Crippen LogP) is 2.42. The molecule has 0 bridgehead atoms. The van der Waals surface area contributed by atoms with E-state index in [4.69, 9.17) is 4.99 Å². The molecule has 2 aromatic rings. The average Bonchev–Trinajstić information content (AvgIpc) is 3.11. The van der Waals surface area contributed by atoms with E-state index in [1.54, 1.807) is 6.34 Å². The monoisotopic (exact) mass is 319 g/mol. The van der Waals surface area contributed by atoms with Crippen LogP contribution in [0.5, 0.6) is 0 Å². The lowest BCUT2D eigenvalue weighted by Crippen LogP contribution is -2.44. The number of aliphatic imine (C=N–C) groups is 1. The van der Waals surface area contributed by atoms with E-state index in [2.05, 4.69) is 34.5 Å². The fraction of sp³-hybridized carbons (Fsp3) is 0.167. The second kappa shape index (κ2) is 5.81. The van der Waals surface area contributed by atoms with E-state index in [0.717, 1.165) is 35.6 Å². The summed E-state index contributed by atoms with van der Waals surface area (Å²) < 4.78 is 0. The number of hydrogen-bond acceptors (Lipinski definition) is 6. The van der Waals surface area contributed by atoms with Crippen LogP contribution in [0.3, 0.4) is 0 Å². The summed E-state index contributed by atoms with van der Waals surface area (Å²) in [5.41, 5.74) is 6.62. The molecule has 4 rings (SSSR count). The van der Waals surface area contributed by atoms with Crippen molar-refractivity contribution in [1.82, 2.24) is 5.43 Å². The van der Waals surface area contributed by atoms with E-state index in [9.17, 15) is 4.79 Å². The molecule has 0 amide bonds. The van der Waals surface area contributed by atoms with Crippen molar-refractivity contribution in [2.75, 3.05) is 16.3 Å². The molecule has 2 aromatic carbocycles. The lowest BCUT2D eigenvalue weighted by Gasteiger charge is -2.34. The molecule has 2 aliphatic heterocycles. The Kier molecular flexibility index (Phi) is 3.49. The van der Waals surface area contributed by atoms with Crippen LogP contribution in [0.25, 0.3) is 0 Å². The highest BCUT2D eigenvalue weighted by Gasteiger charge is 2.32. The van der Waals surface area contributed by atoms with Crippen LogP contribution in [-0.4, -0.2) is 31.3 Å². The maximum atomic E-state index is 11.2. The fourth-order valence-electron chi connectivity index (χ4n) is 3.06. The highest BCUT2D eigenvalue weighted by Crippen LogP contribution is 2.31. The van der Waals surface area contributed by atoms with Gasteiger partial charge < -0.3 is 4.90 Å². The molecule has 6 heteroatoms. The molecule has 1 unspecified atom stereocenters. The van der Waals surface area contributed by atoms with Gasteiger partial charge in [-0.1, -0.05) is 24.3 Å². The quantitative estimate of drug-likeness (QED) is 0.883. The van der Waals surface area contributed by atoms with E-state index >= 15 is 0 Å². The molecule has 0 aliphatic carbocycles. The Morgan fingerprint density at radius 2 is 2.08 bits per heavy atom. The van der Waals surface area contributed by atoms with E-state index in [-0.39, 0.29) is 6.29 Å². The first-order valence-corrected chi connectivity index (χ1v) is 7.89. The van der Waals surface area contributed by atoms with Gasteiger partial charge in [-0.15, -0.1) is 0 Å². The number of hydrazone groups is 1. The molecule has 2 aliphatic rings. The van der Waals surface area contributed by atoms with Gasteiger partial charge in [0.15, 0.2) is 0 Å². The highest BCUT2D eigenvalue weighted by atomic mass is 16.1. The van der Waals surface area contributed by atoms with Crippen molar-refractivity contribution < 1.29 is 4.79 Å². The minimum Gasteiger partial charge on any atom is -0.326 e. The smallest absolute Gasteiger partial charge is 0.218 e. The Bertz CT molecular complexity index is 831. The summed E-state index contributed by atoms with van der Waals surface area (Å²) in [6.45, 7) is 2.88. The SMILES string of the molecule is CCN(C1=NC2NN=CN2c2cc(C=O)ccc21)c1ccccc1. The highest BCUT2D eigenvalue weighted by molar-refractivity contribution is 6.16. The molecule has 0 saturated heterocycles. The van der Waals surface area contributed by atoms with E-state index in [1.807, 2.05) is 41.3 Å². The Hall–Kier alpha value is -3.15. The van der Waals surface area contributed by atoms with Gasteiger partial charge >= 0.3 is 0 Å². The standard InChI is InChI=1S/C18H17N5O/c1-2-22(14-6-4-3-5-7-14)17-15-9-8-13(11-24)10-16(15)23-12-19-21-18(23)20-17/h3-12,18,21H,2H2,1H3. The zero-order valence-corrected chi connectivity index (χ0v) is 13.3. The molecule has 0 radical (unpaired) electrons. The topological polar surface area (TPSA) is 60.3 Å². The van der Waals surface area contributed by atoms with Gasteiger partial charge in [0.25, 0.3) is 0 Å². The number of aldehydes is 1. The molecular formula is C18H17N5O. The third-order valence-corrected chi connectivity index (χ3v) is 4.20. The van der Waals surface area contributed by atoms with Crippen LogP contribution in [0.4, 0.5) is 11.4 Å². The number of nitrogens with one attached hydrogen (secondary N) is 1. The summed E-state index contributed by atoms with van der Waals surface area (Å²) >= 11 is 0. The summed E-state index contributed by atoms with van der Waals surface area (Å²) in [4.78, 5) is 20.1. The second-order valence-corrected chi connectivity index (χ2v) is 5.58. The summed E-state index contributed by atoms with van der Waals surface area (Å²) in [5, 5.41) is 4.11. The number of anilines is 2. The Balaban J connectivity index is 1.85. The molecule has 0 spiro atoms. The maximum Gasteiger partial charge on any atom is 0.218 e. The summed E-state index contributed by atoms with van der Waals surface area (Å²) in [5.74, 6) is 0.871. The third-order valence-electron chi connectivity index (χ3n) is 4.20. The molecule has 1 N–H and O–H groups in total. The van der Waals surface area contributed by atoms with Gasteiger partial charge in [-0.25, -0.2) is 4.99 Å². The van der Waals surface area contributed by atoms with Crippen molar-refractivity contribution in [3.63, 3.8) is 0 Å². The van der Waals surface area contributed by atoms with E-state index in [1.165, 1.54) is 0 Å². The lowest BCUT2D eigenvalue weighted by molar-refractivity contribution is 0.112. The van der Waals surface area contributed by atoms with Crippen molar-refractivity contribution in [1.29, 1.82) is 0 Å². The largest absolute Gasteiger partial charge is 0.326 e. The number of fused-ring (bicyclic) bond motifs is 3. The second-order valence-electron chi connectivity index (χ2n) is 5.58. The molecule has 0 aromatic heterocycles. The molecule has 120 valence electrons. The van der Waals surface area contributed by atoms with Crippen LogP contribution in [0.2, 0.25) is 0 Å². The number of rotatable bonds is 3.